The molecule has 5 heteroatoms. The number of fused-ring (bicyclic) bond motifs is 1. The summed E-state index contributed by atoms with van der Waals surface area (Å²) in [5.41, 5.74) is 2.54. The molecule has 1 atom stereocenters. The van der Waals surface area contributed by atoms with E-state index < -0.39 is 9.84 Å². The van der Waals surface area contributed by atoms with Gasteiger partial charge >= 0.3 is 0 Å². The maximum absolute atomic E-state index is 11.5. The third kappa shape index (κ3) is 3.52. The summed E-state index contributed by atoms with van der Waals surface area (Å²) in [7, 11) is -0.774. The molecule has 120 valence electrons. The predicted octanol–water partition coefficient (Wildman–Crippen LogP) is 2.43. The van der Waals surface area contributed by atoms with Gasteiger partial charge in [0.1, 0.15) is 9.84 Å². The van der Waals surface area contributed by atoms with Crippen LogP contribution in [0.5, 0.6) is 0 Å². The number of hydrogen-bond acceptors (Lipinski definition) is 3. The van der Waals surface area contributed by atoms with Crippen molar-refractivity contribution in [3.8, 4) is 0 Å². The molecule has 0 saturated carbocycles. The Hall–Kier alpha value is -1.33. The maximum atomic E-state index is 11.5. The van der Waals surface area contributed by atoms with Crippen molar-refractivity contribution in [3.05, 3.63) is 36.0 Å². The summed E-state index contributed by atoms with van der Waals surface area (Å²) in [6.45, 7) is 2.84. The molecule has 0 radical (unpaired) electrons. The Kier molecular flexibility index (Phi) is 4.28. The fraction of sp³-hybridized carbons (Fsp3) is 0.529. The molecular weight excluding hydrogens is 296 g/mol. The zero-order valence-corrected chi connectivity index (χ0v) is 14.1. The van der Waals surface area contributed by atoms with Gasteiger partial charge in [-0.2, -0.15) is 0 Å². The molecule has 0 unspecified atom stereocenters. The van der Waals surface area contributed by atoms with Crippen LogP contribution in [0.3, 0.4) is 0 Å². The van der Waals surface area contributed by atoms with Crippen LogP contribution in [0.15, 0.2) is 30.3 Å². The van der Waals surface area contributed by atoms with Crippen molar-refractivity contribution >= 4 is 20.7 Å². The van der Waals surface area contributed by atoms with E-state index in [4.69, 9.17) is 0 Å². The van der Waals surface area contributed by atoms with E-state index in [0.29, 0.717) is 5.75 Å². The summed E-state index contributed by atoms with van der Waals surface area (Å²) in [5.74, 6) is 0.594. The van der Waals surface area contributed by atoms with Gasteiger partial charge in [0.2, 0.25) is 0 Å². The van der Waals surface area contributed by atoms with E-state index in [1.165, 1.54) is 22.9 Å². The first-order valence-electron chi connectivity index (χ1n) is 7.86. The average molecular weight is 320 g/mol. The highest BCUT2D eigenvalue weighted by Gasteiger charge is 2.23. The van der Waals surface area contributed by atoms with Crippen LogP contribution in [0.2, 0.25) is 0 Å². The number of piperidine rings is 1. The highest BCUT2D eigenvalue weighted by atomic mass is 32.2. The molecule has 0 N–H and O–H groups in total. The highest BCUT2D eigenvalue weighted by molar-refractivity contribution is 7.90. The Labute approximate surface area is 132 Å². The largest absolute Gasteiger partial charge is 0.346 e. The van der Waals surface area contributed by atoms with Crippen LogP contribution in [0.25, 0.3) is 10.9 Å². The Bertz CT molecular complexity index is 764. The summed E-state index contributed by atoms with van der Waals surface area (Å²) in [4.78, 5) is 2.40. The molecule has 0 spiro atoms. The molecule has 0 aliphatic carbocycles. The fourth-order valence-electron chi connectivity index (χ4n) is 3.59. The minimum atomic E-state index is -2.88. The molecule has 3 rings (SSSR count). The van der Waals surface area contributed by atoms with Crippen molar-refractivity contribution in [2.45, 2.75) is 19.4 Å². The minimum Gasteiger partial charge on any atom is -0.346 e. The first-order chi connectivity index (χ1) is 10.4. The lowest BCUT2D eigenvalue weighted by Gasteiger charge is -2.32. The van der Waals surface area contributed by atoms with Crippen molar-refractivity contribution in [1.82, 2.24) is 9.47 Å². The van der Waals surface area contributed by atoms with Gasteiger partial charge in [0, 0.05) is 37.6 Å². The number of benzene rings is 1. The van der Waals surface area contributed by atoms with Crippen molar-refractivity contribution in [1.29, 1.82) is 0 Å². The summed E-state index contributed by atoms with van der Waals surface area (Å²) >= 11 is 0. The second-order valence-corrected chi connectivity index (χ2v) is 8.77. The summed E-state index contributed by atoms with van der Waals surface area (Å²) < 4.78 is 25.3. The second-order valence-electron chi connectivity index (χ2n) is 6.59. The zero-order chi connectivity index (χ0) is 15.7. The average Bonchev–Trinajstić information content (AvgIpc) is 2.75. The van der Waals surface area contributed by atoms with E-state index >= 15 is 0 Å². The van der Waals surface area contributed by atoms with E-state index in [-0.39, 0.29) is 5.92 Å². The van der Waals surface area contributed by atoms with Gasteiger partial charge in [0.15, 0.2) is 0 Å². The van der Waals surface area contributed by atoms with Crippen LogP contribution in [0, 0.1) is 5.92 Å². The van der Waals surface area contributed by atoms with Crippen molar-refractivity contribution < 1.29 is 8.42 Å². The fourth-order valence-corrected chi connectivity index (χ4v) is 4.71. The van der Waals surface area contributed by atoms with Gasteiger partial charge in [0.05, 0.1) is 5.75 Å². The summed E-state index contributed by atoms with van der Waals surface area (Å²) in [5, 5.41) is 1.27. The topological polar surface area (TPSA) is 42.3 Å². The van der Waals surface area contributed by atoms with Crippen LogP contribution < -0.4 is 0 Å². The molecule has 1 aromatic heterocycles. The Morgan fingerprint density at radius 2 is 2.05 bits per heavy atom. The van der Waals surface area contributed by atoms with Crippen molar-refractivity contribution in [2.24, 2.45) is 13.0 Å². The first-order valence-corrected chi connectivity index (χ1v) is 9.92. The van der Waals surface area contributed by atoms with E-state index in [2.05, 4.69) is 46.8 Å². The van der Waals surface area contributed by atoms with Gasteiger partial charge in [-0.25, -0.2) is 8.42 Å². The SMILES string of the molecule is Cn1c(CN2CCC[C@H](CS(C)(=O)=O)C2)cc2ccccc21. The highest BCUT2D eigenvalue weighted by Crippen LogP contribution is 2.23. The molecule has 1 saturated heterocycles. The smallest absolute Gasteiger partial charge is 0.147 e. The zero-order valence-electron chi connectivity index (χ0n) is 13.3. The molecule has 4 nitrogen and oxygen atoms in total. The Morgan fingerprint density at radius 1 is 1.27 bits per heavy atom. The van der Waals surface area contributed by atoms with Gasteiger partial charge in [0.25, 0.3) is 0 Å². The number of aromatic nitrogens is 1. The molecule has 2 heterocycles. The first kappa shape index (κ1) is 15.6. The molecular formula is C17H24N2O2S. The van der Waals surface area contributed by atoms with Gasteiger partial charge in [-0.3, -0.25) is 4.90 Å². The lowest BCUT2D eigenvalue weighted by Crippen LogP contribution is -2.37. The van der Waals surface area contributed by atoms with E-state index in [1.54, 1.807) is 0 Å². The number of rotatable bonds is 4. The predicted molar refractivity (Wildman–Crippen MR) is 90.6 cm³/mol. The third-order valence-corrected chi connectivity index (χ3v) is 5.66. The van der Waals surface area contributed by atoms with E-state index in [0.717, 1.165) is 32.5 Å². The molecule has 1 aromatic carbocycles. The number of nitrogens with zero attached hydrogens (tertiary/aromatic N) is 2. The van der Waals surface area contributed by atoms with Crippen LogP contribution in [0.1, 0.15) is 18.5 Å². The minimum absolute atomic E-state index is 0.276. The number of para-hydroxylation sites is 1. The second kappa shape index (κ2) is 6.05. The molecule has 1 fully saturated rings. The molecule has 0 bridgehead atoms. The van der Waals surface area contributed by atoms with Gasteiger partial charge < -0.3 is 4.57 Å². The lowest BCUT2D eigenvalue weighted by molar-refractivity contribution is 0.175. The van der Waals surface area contributed by atoms with Crippen LogP contribution in [-0.2, 0) is 23.4 Å². The number of likely N-dealkylation sites (tertiary alicyclic amines) is 1. The van der Waals surface area contributed by atoms with E-state index in [9.17, 15) is 8.42 Å². The lowest BCUT2D eigenvalue weighted by atomic mass is 10.00. The normalized spacial score (nSPS) is 20.5. The molecule has 1 aliphatic rings. The molecule has 2 aromatic rings. The summed E-state index contributed by atoms with van der Waals surface area (Å²) in [6.07, 6.45) is 3.46. The van der Waals surface area contributed by atoms with E-state index in [1.807, 2.05) is 0 Å². The molecule has 0 amide bonds. The Morgan fingerprint density at radius 3 is 2.77 bits per heavy atom. The number of hydrogen-bond donors (Lipinski definition) is 0. The Balaban J connectivity index is 1.73. The van der Waals surface area contributed by atoms with Gasteiger partial charge in [-0.05, 0) is 42.8 Å². The third-order valence-electron chi connectivity index (χ3n) is 4.58. The summed E-state index contributed by atoms with van der Waals surface area (Å²) in [6, 6.07) is 10.7. The monoisotopic (exact) mass is 320 g/mol. The molecule has 22 heavy (non-hydrogen) atoms. The van der Waals surface area contributed by atoms with Gasteiger partial charge in [-0.1, -0.05) is 18.2 Å². The van der Waals surface area contributed by atoms with Gasteiger partial charge in [-0.15, -0.1) is 0 Å². The maximum Gasteiger partial charge on any atom is 0.147 e. The van der Waals surface area contributed by atoms with Crippen LogP contribution in [0.4, 0.5) is 0 Å². The van der Waals surface area contributed by atoms with Crippen LogP contribution in [-0.4, -0.2) is 43.0 Å². The number of aryl methyl sites for hydroxylation is 1. The van der Waals surface area contributed by atoms with Crippen molar-refractivity contribution in [3.63, 3.8) is 0 Å². The standard InChI is InChI=1S/C17H24N2O2S/c1-18-16(10-15-7-3-4-8-17(15)18)12-19-9-5-6-14(11-19)13-22(2,20)21/h3-4,7-8,10,14H,5-6,9,11-13H2,1-2H3/t14-/m0/s1. The number of sulfone groups is 1. The molecule has 1 aliphatic heterocycles. The van der Waals surface area contributed by atoms with Crippen molar-refractivity contribution in [2.75, 3.05) is 25.1 Å². The quantitative estimate of drug-likeness (QED) is 0.869. The van der Waals surface area contributed by atoms with Crippen LogP contribution >= 0.6 is 0 Å².